The van der Waals surface area contributed by atoms with Crippen LogP contribution in [-0.2, 0) is 44.3 Å². The lowest BCUT2D eigenvalue weighted by molar-refractivity contribution is 0.471. The van der Waals surface area contributed by atoms with Crippen molar-refractivity contribution < 1.29 is 8.78 Å². The molecule has 0 radical (unpaired) electrons. The fraction of sp³-hybridized carbons (Fsp3) is 0.279. The minimum atomic E-state index is -0.580. The highest BCUT2D eigenvalue weighted by molar-refractivity contribution is 7.18. The highest BCUT2D eigenvalue weighted by atomic mass is 32.1. The van der Waals surface area contributed by atoms with Gasteiger partial charge >= 0.3 is 0 Å². The molecule has 2 aliphatic rings. The number of nitrogens with one attached hydrogen (secondary N) is 5. The zero-order valence-electron chi connectivity index (χ0n) is 44.5. The predicted octanol–water partition coefficient (Wildman–Crippen LogP) is 10.7. The normalized spacial score (nSPS) is 13.4. The Kier molecular flexibility index (Phi) is 16.5. The van der Waals surface area contributed by atoms with Gasteiger partial charge in [-0.2, -0.15) is 0 Å². The maximum Gasteiger partial charge on any atom is 0.157 e. The molecule has 3 aromatic carbocycles. The predicted molar refractivity (Wildman–Crippen MR) is 313 cm³/mol. The van der Waals surface area contributed by atoms with Gasteiger partial charge in [-0.1, -0.05) is 114 Å². The first-order valence-electron chi connectivity index (χ1n) is 27.5. The van der Waals surface area contributed by atoms with Crippen molar-refractivity contribution in [1.29, 1.82) is 0 Å². The molecular weight excluding hydrogens is 1060 g/mol. The molecule has 0 amide bonds. The van der Waals surface area contributed by atoms with Crippen molar-refractivity contribution in [2.75, 3.05) is 36.8 Å². The van der Waals surface area contributed by atoms with E-state index in [2.05, 4.69) is 163 Å². The summed E-state index contributed by atoms with van der Waals surface area (Å²) in [5, 5.41) is 15.4. The Morgan fingerprint density at radius 3 is 1.51 bits per heavy atom. The van der Waals surface area contributed by atoms with E-state index in [1.165, 1.54) is 78.5 Å². The summed E-state index contributed by atoms with van der Waals surface area (Å²) >= 11 is 3.11. The van der Waals surface area contributed by atoms with Crippen LogP contribution in [0, 0.1) is 11.6 Å². The van der Waals surface area contributed by atoms with Crippen molar-refractivity contribution in [2.45, 2.75) is 81.8 Å². The zero-order valence-corrected chi connectivity index (χ0v) is 46.1. The second-order valence-electron chi connectivity index (χ2n) is 20.1. The summed E-state index contributed by atoms with van der Waals surface area (Å²) in [7, 11) is 0. The zero-order chi connectivity index (χ0) is 54.8. The molecular formula is C61H60F2N16S2. The van der Waals surface area contributed by atoms with Gasteiger partial charge in [0.15, 0.2) is 11.6 Å². The number of aromatic amines is 1. The molecule has 8 heterocycles. The number of pyridine rings is 2. The molecule has 0 spiro atoms. The number of nitrogens with zero attached hydrogens (tertiary/aromatic N) is 11. The quantitative estimate of drug-likeness (QED) is 0.0283. The first-order chi connectivity index (χ1) is 40.0. The van der Waals surface area contributed by atoms with E-state index >= 15 is 0 Å². The Morgan fingerprint density at radius 2 is 1.01 bits per heavy atom. The van der Waals surface area contributed by atoms with E-state index in [0.717, 1.165) is 83.2 Å². The van der Waals surface area contributed by atoms with Crippen molar-refractivity contribution in [3.8, 4) is 0 Å². The lowest BCUT2D eigenvalue weighted by Gasteiger charge is -2.40. The number of H-pyrrole nitrogens is 1. The SMILES string of the molecule is Fc1cccnc1CNc1ncnc2sc(CCNCCc3ncc(C4CC4)[nH]3)nc12.Fc1cccnc1CNc1ncnc2sc(CCNCCc3ncc(C4CC4)n3C(c3ccccc3)(c3ccccc3)c3ccccc3)nc12. The number of anilines is 2. The van der Waals surface area contributed by atoms with Gasteiger partial charge in [0.25, 0.3) is 0 Å². The molecule has 2 aliphatic carbocycles. The van der Waals surface area contributed by atoms with E-state index in [-0.39, 0.29) is 24.7 Å². The van der Waals surface area contributed by atoms with E-state index < -0.39 is 5.54 Å². The molecule has 0 atom stereocenters. The minimum Gasteiger partial charge on any atom is -0.362 e. The van der Waals surface area contributed by atoms with Crippen LogP contribution in [0.1, 0.15) is 98.6 Å². The maximum atomic E-state index is 14.1. The Morgan fingerprint density at radius 1 is 0.519 bits per heavy atom. The van der Waals surface area contributed by atoms with E-state index in [0.29, 0.717) is 45.9 Å². The Bertz CT molecular complexity index is 3730. The van der Waals surface area contributed by atoms with Crippen LogP contribution in [0.15, 0.2) is 153 Å². The third-order valence-corrected chi connectivity index (χ3v) is 16.6. The van der Waals surface area contributed by atoms with Crippen LogP contribution in [0.2, 0.25) is 0 Å². The fourth-order valence-electron chi connectivity index (χ4n) is 10.2. The molecule has 16 nitrogen and oxygen atoms in total. The number of rotatable bonds is 24. The summed E-state index contributed by atoms with van der Waals surface area (Å²) in [5.74, 6) is 3.79. The molecule has 11 aromatic rings. The largest absolute Gasteiger partial charge is 0.362 e. The van der Waals surface area contributed by atoms with Crippen molar-refractivity contribution in [3.63, 3.8) is 0 Å². The summed E-state index contributed by atoms with van der Waals surface area (Å²) < 4.78 is 30.5. The summed E-state index contributed by atoms with van der Waals surface area (Å²) in [6.45, 7) is 3.67. The lowest BCUT2D eigenvalue weighted by atomic mass is 9.76. The fourth-order valence-corrected chi connectivity index (χ4v) is 12.0. The van der Waals surface area contributed by atoms with Gasteiger partial charge in [0.2, 0.25) is 0 Å². The van der Waals surface area contributed by atoms with Crippen LogP contribution >= 0.6 is 22.7 Å². The number of imidazole rings is 2. The highest BCUT2D eigenvalue weighted by Crippen LogP contribution is 2.48. The Labute approximate surface area is 475 Å². The van der Waals surface area contributed by atoms with Crippen LogP contribution in [0.25, 0.3) is 20.7 Å². The Balaban J connectivity index is 0.000000180. The highest BCUT2D eigenvalue weighted by Gasteiger charge is 2.43. The van der Waals surface area contributed by atoms with Crippen LogP contribution < -0.4 is 21.3 Å². The van der Waals surface area contributed by atoms with Crippen molar-refractivity contribution in [2.24, 2.45) is 0 Å². The number of halogens is 2. The second-order valence-corrected chi connectivity index (χ2v) is 22.2. The molecule has 0 saturated heterocycles. The van der Waals surface area contributed by atoms with Gasteiger partial charge < -0.3 is 30.8 Å². The number of thiazole rings is 2. The van der Waals surface area contributed by atoms with Crippen molar-refractivity contribution >= 4 is 55.0 Å². The average molecular weight is 1120 g/mol. The molecule has 2 saturated carbocycles. The van der Waals surface area contributed by atoms with Crippen LogP contribution in [0.3, 0.4) is 0 Å². The van der Waals surface area contributed by atoms with Gasteiger partial charge in [0.05, 0.1) is 34.5 Å². The summed E-state index contributed by atoms with van der Waals surface area (Å²) in [6, 6.07) is 38.5. The maximum absolute atomic E-state index is 14.1. The molecule has 5 N–H and O–H groups in total. The van der Waals surface area contributed by atoms with E-state index in [1.54, 1.807) is 47.2 Å². The van der Waals surface area contributed by atoms with Crippen LogP contribution in [0.5, 0.6) is 0 Å². The summed E-state index contributed by atoms with van der Waals surface area (Å²) in [4.78, 5) is 49.7. The summed E-state index contributed by atoms with van der Waals surface area (Å²) in [6.07, 6.45) is 18.4. The van der Waals surface area contributed by atoms with Gasteiger partial charge in [-0.25, -0.2) is 48.7 Å². The van der Waals surface area contributed by atoms with Gasteiger partial charge in [0, 0.05) is 99.9 Å². The first kappa shape index (κ1) is 53.3. The third-order valence-electron chi connectivity index (χ3n) is 14.5. The van der Waals surface area contributed by atoms with Crippen LogP contribution in [0.4, 0.5) is 20.4 Å². The molecule has 0 unspecified atom stereocenters. The van der Waals surface area contributed by atoms with Crippen molar-refractivity contribution in [3.05, 3.63) is 225 Å². The first-order valence-corrected chi connectivity index (χ1v) is 29.2. The molecule has 0 aliphatic heterocycles. The number of benzene rings is 3. The number of hydrogen-bond acceptors (Lipinski definition) is 16. The smallest absolute Gasteiger partial charge is 0.157 e. The minimum absolute atomic E-state index is 0.214. The molecule has 410 valence electrons. The Hall–Kier alpha value is -8.30. The van der Waals surface area contributed by atoms with Gasteiger partial charge in [-0.15, -0.1) is 0 Å². The molecule has 2 fully saturated rings. The molecule has 0 bridgehead atoms. The summed E-state index contributed by atoms with van der Waals surface area (Å²) in [5.41, 5.74) is 7.71. The molecule has 20 heteroatoms. The third kappa shape index (κ3) is 12.4. The lowest BCUT2D eigenvalue weighted by Crippen LogP contribution is -2.40. The number of aromatic nitrogens is 12. The van der Waals surface area contributed by atoms with Gasteiger partial charge in [-0.05, 0) is 66.6 Å². The van der Waals surface area contributed by atoms with Gasteiger partial charge in [0.1, 0.15) is 62.2 Å². The topological polar surface area (TPSA) is 198 Å². The average Bonchev–Trinajstić information content (AvgIpc) is 4.46. The van der Waals surface area contributed by atoms with Crippen molar-refractivity contribution in [1.82, 2.24) is 70.0 Å². The molecule has 81 heavy (non-hydrogen) atoms. The molecule has 8 aromatic heterocycles. The second kappa shape index (κ2) is 25.0. The number of hydrogen-bond donors (Lipinski definition) is 5. The number of fused-ring (bicyclic) bond motifs is 2. The van der Waals surface area contributed by atoms with Gasteiger partial charge in [-0.3, -0.25) is 9.97 Å². The standard InChI is InChI=1S/C40H37FN8S.C21H23FN8S/c41-32-17-10-22-43-33(32)25-45-38-37-39(47-27-46-38)50-36(48-37)21-24-42-23-20-35-44-26-34(28-18-19-28)49(35)40(29-11-4-1-5-12-29,30-13-6-2-7-14-30)31-15-8-3-9-16-31;22-14-2-1-7-24-16(14)11-26-20-19-21(28-12-27-20)31-18(30-19)6-9-23-8-5-17-25-10-15(29-17)13-3-4-13/h1-17,22,26-28,42H,18-21,23-25H2,(H,45,46,47);1-2,7,10,12-13,23H,3-6,8-9,11H2,(H,25,29)(H,26,27,28). The van der Waals surface area contributed by atoms with E-state index in [9.17, 15) is 8.78 Å². The molecule has 13 rings (SSSR count). The monoisotopic (exact) mass is 1120 g/mol. The van der Waals surface area contributed by atoms with E-state index in [4.69, 9.17) is 15.0 Å². The van der Waals surface area contributed by atoms with E-state index in [1.807, 2.05) is 6.20 Å². The van der Waals surface area contributed by atoms with Crippen LogP contribution in [-0.4, -0.2) is 85.6 Å².